The molecule has 1 aliphatic heterocycles. The highest BCUT2D eigenvalue weighted by molar-refractivity contribution is 6.66. The van der Waals surface area contributed by atoms with Crippen LogP contribution in [0.5, 0.6) is 0 Å². The fourth-order valence-corrected chi connectivity index (χ4v) is 8.32. The highest BCUT2D eigenvalue weighted by Gasteiger charge is 2.88. The van der Waals surface area contributed by atoms with E-state index in [1.54, 1.807) is 18.2 Å². The molecule has 0 aromatic heterocycles. The molecular weight excluding hydrogens is 646 g/mol. The summed E-state index contributed by atoms with van der Waals surface area (Å²) in [6.45, 7) is -0.423. The number of rotatable bonds is 5. The highest BCUT2D eigenvalue weighted by Crippen LogP contribution is 2.77. The molecule has 3 amide bonds. The fraction of sp³-hybridized carbons (Fsp3) is 0.261. The lowest BCUT2D eigenvalue weighted by atomic mass is 9.84. The zero-order chi connectivity index (χ0) is 27.9. The van der Waals surface area contributed by atoms with Gasteiger partial charge in [0.25, 0.3) is 23.4 Å². The minimum atomic E-state index is -2.17. The van der Waals surface area contributed by atoms with E-state index in [-0.39, 0.29) is 20.7 Å². The number of carbonyl (C=O) groups excluding carboxylic acids is 3. The molecule has 5 rings (SSSR count). The lowest BCUT2D eigenvalue weighted by Gasteiger charge is -2.37. The molecule has 2 bridgehead atoms. The van der Waals surface area contributed by atoms with Gasteiger partial charge in [0.15, 0.2) is 4.33 Å². The monoisotopic (exact) mass is 655 g/mol. The summed E-state index contributed by atoms with van der Waals surface area (Å²) in [5.41, 5.74) is -0.595. The van der Waals surface area contributed by atoms with E-state index in [1.807, 2.05) is 0 Å². The first-order valence-electron chi connectivity index (χ1n) is 10.7. The van der Waals surface area contributed by atoms with Crippen molar-refractivity contribution in [1.82, 2.24) is 10.0 Å². The Morgan fingerprint density at radius 3 is 1.92 bits per heavy atom. The standard InChI is InChI=1S/C23H12Cl7N3O5/c24-12-7-3-1-5-10(12)9-31(18(34)11-6-2-4-8-13(11)33(37)38)32-19(35)14-15(20(32)36)22(28)17(26)16(25)21(14,27)23(22,29)30/h1-8,14-15H,9H2/t14-,15-,21+,22+/m0/s1. The Bertz CT molecular complexity index is 1440. The molecule has 1 heterocycles. The number of fused-ring (bicyclic) bond motifs is 5. The van der Waals surface area contributed by atoms with Crippen LogP contribution >= 0.6 is 81.2 Å². The number of benzene rings is 2. The first-order chi connectivity index (χ1) is 17.7. The second-order valence-electron chi connectivity index (χ2n) is 8.80. The van der Waals surface area contributed by atoms with Gasteiger partial charge in [-0.15, -0.1) is 23.2 Å². The molecule has 0 unspecified atom stereocenters. The van der Waals surface area contributed by atoms with Crippen LogP contribution in [0.15, 0.2) is 58.6 Å². The topological polar surface area (TPSA) is 101 Å². The first kappa shape index (κ1) is 27.8. The van der Waals surface area contributed by atoms with Crippen molar-refractivity contribution in [3.63, 3.8) is 0 Å². The Morgan fingerprint density at radius 2 is 1.39 bits per heavy atom. The molecule has 1 saturated carbocycles. The zero-order valence-electron chi connectivity index (χ0n) is 18.5. The summed E-state index contributed by atoms with van der Waals surface area (Å²) in [6.07, 6.45) is 0. The molecule has 2 aromatic rings. The lowest BCUT2D eigenvalue weighted by Crippen LogP contribution is -2.55. The number of nitro groups is 1. The third-order valence-electron chi connectivity index (χ3n) is 6.97. The second kappa shape index (κ2) is 9.13. The van der Waals surface area contributed by atoms with Crippen LogP contribution in [-0.4, -0.2) is 46.7 Å². The molecule has 4 atom stereocenters. The van der Waals surface area contributed by atoms with Gasteiger partial charge < -0.3 is 0 Å². The minimum absolute atomic E-state index is 0.211. The summed E-state index contributed by atoms with van der Waals surface area (Å²) >= 11 is 45.6. The number of hydrogen-bond donors (Lipinski definition) is 0. The molecule has 1 saturated heterocycles. The van der Waals surface area contributed by atoms with Crippen LogP contribution in [0, 0.1) is 22.0 Å². The van der Waals surface area contributed by atoms with Crippen molar-refractivity contribution in [2.45, 2.75) is 20.6 Å². The first-order valence-corrected chi connectivity index (χ1v) is 13.4. The van der Waals surface area contributed by atoms with Crippen LogP contribution in [0.3, 0.4) is 0 Å². The number of para-hydroxylation sites is 1. The number of halogens is 7. The summed E-state index contributed by atoms with van der Waals surface area (Å²) in [6, 6.07) is 11.4. The van der Waals surface area contributed by atoms with Crippen molar-refractivity contribution in [3.05, 3.63) is 84.9 Å². The summed E-state index contributed by atoms with van der Waals surface area (Å²) in [4.78, 5) is 48.3. The van der Waals surface area contributed by atoms with Gasteiger partial charge in [0.2, 0.25) is 0 Å². The van der Waals surface area contributed by atoms with Crippen molar-refractivity contribution in [3.8, 4) is 0 Å². The average molecular weight is 659 g/mol. The van der Waals surface area contributed by atoms with Crippen LogP contribution in [0.2, 0.25) is 5.02 Å². The summed E-state index contributed by atoms with van der Waals surface area (Å²) in [7, 11) is 0. The van der Waals surface area contributed by atoms with Gasteiger partial charge in [-0.25, -0.2) is 5.01 Å². The van der Waals surface area contributed by atoms with Gasteiger partial charge >= 0.3 is 0 Å². The highest BCUT2D eigenvalue weighted by atomic mass is 35.5. The molecular formula is C23H12Cl7N3O5. The summed E-state index contributed by atoms with van der Waals surface area (Å²) in [5, 5.41) is 12.6. The predicted octanol–water partition coefficient (Wildman–Crippen LogP) is 6.25. The lowest BCUT2D eigenvalue weighted by molar-refractivity contribution is -0.385. The SMILES string of the molecule is O=C(c1ccccc1[N+](=O)[O-])N(Cc1ccccc1Cl)N1C(=O)[C@@H]2[C@@H](C1=O)[C@@]1(Cl)C(Cl)=C(Cl)[C@@]2(Cl)C1(Cl)Cl. The van der Waals surface area contributed by atoms with Crippen LogP contribution in [0.1, 0.15) is 15.9 Å². The number of nitrogens with zero attached hydrogens (tertiary/aromatic N) is 3. The molecule has 38 heavy (non-hydrogen) atoms. The minimum Gasteiger partial charge on any atom is -0.272 e. The number of nitro benzene ring substituents is 1. The number of alkyl halides is 4. The molecule has 8 nitrogen and oxygen atoms in total. The molecule has 3 aliphatic rings. The van der Waals surface area contributed by atoms with Crippen molar-refractivity contribution in [2.24, 2.45) is 11.8 Å². The summed E-state index contributed by atoms with van der Waals surface area (Å²) in [5.74, 6) is -6.04. The molecule has 198 valence electrons. The number of carbonyl (C=O) groups is 3. The van der Waals surface area contributed by atoms with Gasteiger partial charge in [0.05, 0.1) is 33.4 Å². The van der Waals surface area contributed by atoms with Crippen molar-refractivity contribution in [1.29, 1.82) is 0 Å². The maximum Gasteiger partial charge on any atom is 0.282 e. The maximum atomic E-state index is 13.9. The van der Waals surface area contributed by atoms with E-state index in [4.69, 9.17) is 81.2 Å². The van der Waals surface area contributed by atoms with Gasteiger partial charge in [-0.2, -0.15) is 5.01 Å². The Labute approximate surface area is 250 Å². The number of imide groups is 1. The van der Waals surface area contributed by atoms with Gasteiger partial charge in [-0.05, 0) is 17.7 Å². The molecule has 0 spiro atoms. The van der Waals surface area contributed by atoms with E-state index in [0.29, 0.717) is 10.6 Å². The van der Waals surface area contributed by atoms with Crippen LogP contribution < -0.4 is 0 Å². The zero-order valence-corrected chi connectivity index (χ0v) is 23.8. The molecule has 15 heteroatoms. The number of allylic oxidation sites excluding steroid dienone is 2. The number of hydrogen-bond acceptors (Lipinski definition) is 5. The third kappa shape index (κ3) is 3.35. The van der Waals surface area contributed by atoms with Gasteiger partial charge in [-0.1, -0.05) is 88.3 Å². The average Bonchev–Trinajstić information content (AvgIpc) is 3.26. The van der Waals surface area contributed by atoms with E-state index in [0.717, 1.165) is 11.1 Å². The van der Waals surface area contributed by atoms with Crippen LogP contribution in [0.25, 0.3) is 0 Å². The van der Waals surface area contributed by atoms with Gasteiger partial charge in [-0.3, -0.25) is 24.5 Å². The van der Waals surface area contributed by atoms with Crippen molar-refractivity contribution >= 4 is 105 Å². The fourth-order valence-electron chi connectivity index (χ4n) is 5.19. The summed E-state index contributed by atoms with van der Waals surface area (Å²) < 4.78 is -2.17. The van der Waals surface area contributed by atoms with E-state index >= 15 is 0 Å². The van der Waals surface area contributed by atoms with E-state index in [2.05, 4.69) is 0 Å². The van der Waals surface area contributed by atoms with Crippen molar-refractivity contribution in [2.75, 3.05) is 0 Å². The van der Waals surface area contributed by atoms with E-state index in [9.17, 15) is 24.5 Å². The Balaban J connectivity index is 1.66. The second-order valence-corrected chi connectivity index (χ2v) is 12.5. The maximum absolute atomic E-state index is 13.9. The quantitative estimate of drug-likeness (QED) is 0.164. The van der Waals surface area contributed by atoms with Gasteiger partial charge in [0.1, 0.15) is 15.3 Å². The molecule has 0 N–H and O–H groups in total. The largest absolute Gasteiger partial charge is 0.282 e. The van der Waals surface area contributed by atoms with Crippen LogP contribution in [-0.2, 0) is 16.1 Å². The predicted molar refractivity (Wildman–Crippen MR) is 144 cm³/mol. The van der Waals surface area contributed by atoms with Crippen molar-refractivity contribution < 1.29 is 19.3 Å². The molecule has 2 aromatic carbocycles. The smallest absolute Gasteiger partial charge is 0.272 e. The molecule has 0 radical (unpaired) electrons. The number of hydrazine groups is 1. The Hall–Kier alpha value is -1.78. The molecule has 2 aliphatic carbocycles. The third-order valence-corrected chi connectivity index (χ3v) is 11.6. The Kier molecular flexibility index (Phi) is 6.67. The van der Waals surface area contributed by atoms with E-state index in [1.165, 1.54) is 24.3 Å². The normalized spacial score (nSPS) is 29.2. The van der Waals surface area contributed by atoms with Gasteiger partial charge in [0, 0.05) is 11.1 Å². The Morgan fingerprint density at radius 1 is 0.895 bits per heavy atom. The van der Waals surface area contributed by atoms with Crippen LogP contribution in [0.4, 0.5) is 5.69 Å². The molecule has 2 fully saturated rings. The van der Waals surface area contributed by atoms with E-state index < -0.39 is 60.8 Å². The number of amides is 3.